The maximum atomic E-state index is 11.2. The van der Waals surface area contributed by atoms with Gasteiger partial charge in [-0.2, -0.15) is 0 Å². The molecule has 0 atom stereocenters. The zero-order chi connectivity index (χ0) is 21.1. The van der Waals surface area contributed by atoms with Crippen molar-refractivity contribution >= 4 is 15.2 Å². The van der Waals surface area contributed by atoms with E-state index in [1.807, 2.05) is 0 Å². The second kappa shape index (κ2) is 12.9. The third kappa shape index (κ3) is 14.2. The Morgan fingerprint density at radius 2 is 1.19 bits per heavy atom. The lowest BCUT2D eigenvalue weighted by molar-refractivity contribution is 0.334. The highest BCUT2D eigenvalue weighted by molar-refractivity contribution is 7.70. The molecule has 0 spiro atoms. The predicted octanol–water partition coefficient (Wildman–Crippen LogP) is 5.65. The van der Waals surface area contributed by atoms with Gasteiger partial charge in [0.15, 0.2) is 5.40 Å². The molecule has 27 heavy (non-hydrogen) atoms. The number of hydrogen-bond donors (Lipinski definition) is 4. The van der Waals surface area contributed by atoms with Crippen LogP contribution >= 0.6 is 15.2 Å². The Bertz CT molecular complexity index is 598. The Labute approximate surface area is 163 Å². The van der Waals surface area contributed by atoms with Gasteiger partial charge in [-0.05, 0) is 72.6 Å². The van der Waals surface area contributed by atoms with Gasteiger partial charge in [-0.3, -0.25) is 9.13 Å². The van der Waals surface area contributed by atoms with Crippen molar-refractivity contribution in [3.8, 4) is 0 Å². The van der Waals surface area contributed by atoms with Gasteiger partial charge >= 0.3 is 15.2 Å². The number of hydrogen-bond acceptors (Lipinski definition) is 2. The first-order chi connectivity index (χ1) is 12.3. The highest BCUT2D eigenvalue weighted by atomic mass is 31.2. The molecule has 0 unspecified atom stereocenters. The predicted molar refractivity (Wildman–Crippen MR) is 112 cm³/mol. The molecule has 0 aromatic heterocycles. The molecule has 0 aliphatic rings. The van der Waals surface area contributed by atoms with Crippen molar-refractivity contribution in [3.63, 3.8) is 0 Å². The van der Waals surface area contributed by atoms with E-state index in [1.54, 1.807) is 0 Å². The van der Waals surface area contributed by atoms with Crippen LogP contribution in [-0.2, 0) is 9.13 Å². The van der Waals surface area contributed by atoms with Crippen molar-refractivity contribution in [2.45, 2.75) is 84.5 Å². The van der Waals surface area contributed by atoms with Crippen LogP contribution in [0.4, 0.5) is 0 Å². The van der Waals surface area contributed by atoms with Crippen LogP contribution in [0.1, 0.15) is 79.1 Å². The fourth-order valence-corrected chi connectivity index (χ4v) is 5.30. The zero-order valence-electron chi connectivity index (χ0n) is 17.0. The number of rotatable bonds is 13. The summed E-state index contributed by atoms with van der Waals surface area (Å²) in [6.45, 7) is 8.41. The maximum absolute atomic E-state index is 11.2. The summed E-state index contributed by atoms with van der Waals surface area (Å²) in [5, 5.41) is -1.88. The lowest BCUT2D eigenvalue weighted by Gasteiger charge is -2.19. The molecule has 158 valence electrons. The van der Waals surface area contributed by atoms with E-state index >= 15 is 0 Å². The van der Waals surface area contributed by atoms with E-state index in [-0.39, 0.29) is 6.42 Å². The highest BCUT2D eigenvalue weighted by Crippen LogP contribution is 2.61. The molecular weight excluding hydrogens is 386 g/mol. The second-order valence-electron chi connectivity index (χ2n) is 7.40. The quantitative estimate of drug-likeness (QED) is 0.173. The van der Waals surface area contributed by atoms with E-state index in [1.165, 1.54) is 16.7 Å². The molecule has 0 bridgehead atoms. The third-order valence-corrected chi connectivity index (χ3v) is 8.18. The Morgan fingerprint density at radius 1 is 0.741 bits per heavy atom. The molecule has 0 radical (unpaired) electrons. The first-order valence-corrected chi connectivity index (χ1v) is 12.8. The summed E-state index contributed by atoms with van der Waals surface area (Å²) < 4.78 is 22.4. The first kappa shape index (κ1) is 26.5. The van der Waals surface area contributed by atoms with Gasteiger partial charge in [0.1, 0.15) is 0 Å². The minimum Gasteiger partial charge on any atom is -0.324 e. The molecule has 0 fully saturated rings. The van der Waals surface area contributed by atoms with E-state index in [9.17, 15) is 9.13 Å². The van der Waals surface area contributed by atoms with Crippen molar-refractivity contribution in [2.75, 3.05) is 0 Å². The lowest BCUT2D eigenvalue weighted by Crippen LogP contribution is -2.09. The largest absolute Gasteiger partial charge is 0.340 e. The van der Waals surface area contributed by atoms with E-state index in [2.05, 4.69) is 45.9 Å². The summed E-state index contributed by atoms with van der Waals surface area (Å²) in [5.74, 6) is 0. The Hall–Kier alpha value is -0.480. The monoisotopic (exact) mass is 422 g/mol. The van der Waals surface area contributed by atoms with Crippen molar-refractivity contribution in [1.29, 1.82) is 0 Å². The van der Waals surface area contributed by atoms with Crippen molar-refractivity contribution in [1.82, 2.24) is 0 Å². The molecule has 0 heterocycles. The molecule has 0 rings (SSSR count). The van der Waals surface area contributed by atoms with Crippen LogP contribution in [0.25, 0.3) is 0 Å². The van der Waals surface area contributed by atoms with Gasteiger partial charge in [0, 0.05) is 0 Å². The average molecular weight is 422 g/mol. The average Bonchev–Trinajstić information content (AvgIpc) is 2.47. The van der Waals surface area contributed by atoms with Crippen LogP contribution < -0.4 is 0 Å². The Kier molecular flexibility index (Phi) is 12.6. The molecule has 0 aliphatic heterocycles. The fraction of sp³-hybridized carbons (Fsp3) is 0.684. The lowest BCUT2D eigenvalue weighted by atomic mass is 10.1. The molecule has 4 N–H and O–H groups in total. The third-order valence-electron chi connectivity index (χ3n) is 4.31. The molecule has 0 aromatic rings. The Balaban J connectivity index is 4.18. The highest BCUT2D eigenvalue weighted by Gasteiger charge is 2.42. The van der Waals surface area contributed by atoms with Crippen LogP contribution in [-0.4, -0.2) is 25.0 Å². The molecule has 0 aliphatic carbocycles. The van der Waals surface area contributed by atoms with Crippen LogP contribution in [0.2, 0.25) is 0 Å². The molecule has 0 saturated heterocycles. The second-order valence-corrected chi connectivity index (χ2v) is 11.4. The SMILES string of the molecule is CC(C)=CCCC(C)=CCCC(C)=CCCCCC(P(=O)(O)O)P(=O)(O)O. The van der Waals surface area contributed by atoms with Crippen LogP contribution in [0, 0.1) is 0 Å². The standard InChI is InChI=1S/C19H36O6P2/c1-16(2)10-8-12-18(4)14-9-13-17(3)11-6-5-7-15-19(26(20,21)22)27(23,24)25/h10-11,14,19H,5-9,12-13,15H2,1-4H3,(H2,20,21,22)(H2,23,24,25). The Morgan fingerprint density at radius 3 is 1.63 bits per heavy atom. The molecule has 6 nitrogen and oxygen atoms in total. The summed E-state index contributed by atoms with van der Waals surface area (Å²) in [6, 6.07) is 0. The maximum Gasteiger partial charge on any atom is 0.340 e. The van der Waals surface area contributed by atoms with Crippen molar-refractivity contribution < 1.29 is 28.7 Å². The summed E-state index contributed by atoms with van der Waals surface area (Å²) in [4.78, 5) is 36.3. The van der Waals surface area contributed by atoms with E-state index < -0.39 is 20.6 Å². The van der Waals surface area contributed by atoms with Gasteiger partial charge in [-0.1, -0.05) is 41.4 Å². The van der Waals surface area contributed by atoms with Gasteiger partial charge in [-0.25, -0.2) is 0 Å². The zero-order valence-corrected chi connectivity index (χ0v) is 18.8. The number of allylic oxidation sites excluding steroid dienone is 6. The molecule has 0 aromatic carbocycles. The van der Waals surface area contributed by atoms with Crippen molar-refractivity contribution in [3.05, 3.63) is 34.9 Å². The van der Waals surface area contributed by atoms with Gasteiger partial charge in [-0.15, -0.1) is 0 Å². The van der Waals surface area contributed by atoms with Crippen LogP contribution in [0.5, 0.6) is 0 Å². The summed E-state index contributed by atoms with van der Waals surface area (Å²) >= 11 is 0. The van der Waals surface area contributed by atoms with Gasteiger partial charge < -0.3 is 19.6 Å². The number of unbranched alkanes of at least 4 members (excludes halogenated alkanes) is 2. The van der Waals surface area contributed by atoms with Gasteiger partial charge in [0.25, 0.3) is 0 Å². The van der Waals surface area contributed by atoms with Crippen LogP contribution in [0.3, 0.4) is 0 Å². The molecule has 8 heteroatoms. The minimum absolute atomic E-state index is 0.172. The fourth-order valence-electron chi connectivity index (χ4n) is 2.69. The van der Waals surface area contributed by atoms with Crippen molar-refractivity contribution in [2.24, 2.45) is 0 Å². The van der Waals surface area contributed by atoms with E-state index in [4.69, 9.17) is 19.6 Å². The smallest absolute Gasteiger partial charge is 0.324 e. The first-order valence-electron chi connectivity index (χ1n) is 9.39. The van der Waals surface area contributed by atoms with E-state index in [0.717, 1.165) is 32.1 Å². The summed E-state index contributed by atoms with van der Waals surface area (Å²) in [7, 11) is -9.58. The summed E-state index contributed by atoms with van der Waals surface area (Å²) in [5.41, 5.74) is 3.99. The molecule has 0 amide bonds. The van der Waals surface area contributed by atoms with Gasteiger partial charge in [0.2, 0.25) is 0 Å². The van der Waals surface area contributed by atoms with E-state index in [0.29, 0.717) is 12.8 Å². The van der Waals surface area contributed by atoms with Gasteiger partial charge in [0.05, 0.1) is 0 Å². The topological polar surface area (TPSA) is 115 Å². The molecule has 0 saturated carbocycles. The summed E-state index contributed by atoms with van der Waals surface area (Å²) in [6.07, 6.45) is 12.3. The normalized spacial score (nSPS) is 14.0. The minimum atomic E-state index is -4.79. The molecular formula is C19H36O6P2. The van der Waals surface area contributed by atoms with Crippen LogP contribution in [0.15, 0.2) is 34.9 Å².